The summed E-state index contributed by atoms with van der Waals surface area (Å²) in [5, 5.41) is 3.25. The first-order chi connectivity index (χ1) is 13.3. The Hall–Kier alpha value is -2.86. The third kappa shape index (κ3) is 4.89. The van der Waals surface area contributed by atoms with E-state index in [2.05, 4.69) is 47.9 Å². The Bertz CT molecular complexity index is 1030. The Morgan fingerprint density at radius 1 is 0.964 bits per heavy atom. The van der Waals surface area contributed by atoms with Crippen molar-refractivity contribution < 1.29 is 8.42 Å². The van der Waals surface area contributed by atoms with Crippen LogP contribution in [0.1, 0.15) is 36.5 Å². The number of rotatable bonds is 7. The average Bonchev–Trinajstić information content (AvgIpc) is 2.68. The molecule has 0 unspecified atom stereocenters. The second-order valence-electron chi connectivity index (χ2n) is 7.04. The molecule has 0 bridgehead atoms. The Labute approximate surface area is 166 Å². The standard InChI is InChI=1S/C22H25N3O2S/c1-16(2)18-8-11-21(12-9-18)28(26,27)25-20-10-13-22(24-15-20)23-14-19-7-5-4-6-17(19)3/h4-13,15-16,25H,14H2,1-3H3,(H,23,24). The molecular weight excluding hydrogens is 370 g/mol. The number of nitrogens with zero attached hydrogens (tertiary/aromatic N) is 1. The summed E-state index contributed by atoms with van der Waals surface area (Å²) >= 11 is 0. The highest BCUT2D eigenvalue weighted by Gasteiger charge is 2.14. The van der Waals surface area contributed by atoms with Gasteiger partial charge in [-0.05, 0) is 53.8 Å². The van der Waals surface area contributed by atoms with Crippen molar-refractivity contribution in [2.75, 3.05) is 10.0 Å². The van der Waals surface area contributed by atoms with Gasteiger partial charge in [0.2, 0.25) is 0 Å². The lowest BCUT2D eigenvalue weighted by Crippen LogP contribution is -2.13. The van der Waals surface area contributed by atoms with Crippen LogP contribution in [0.5, 0.6) is 0 Å². The van der Waals surface area contributed by atoms with E-state index < -0.39 is 10.0 Å². The van der Waals surface area contributed by atoms with E-state index in [0.717, 1.165) is 5.56 Å². The Balaban J connectivity index is 1.65. The van der Waals surface area contributed by atoms with Gasteiger partial charge < -0.3 is 5.32 Å². The topological polar surface area (TPSA) is 71.1 Å². The van der Waals surface area contributed by atoms with E-state index in [4.69, 9.17) is 0 Å². The lowest BCUT2D eigenvalue weighted by Gasteiger charge is -2.11. The van der Waals surface area contributed by atoms with E-state index in [-0.39, 0.29) is 4.90 Å². The first-order valence-electron chi connectivity index (χ1n) is 9.22. The predicted octanol–water partition coefficient (Wildman–Crippen LogP) is 4.93. The lowest BCUT2D eigenvalue weighted by atomic mass is 10.0. The summed E-state index contributed by atoms with van der Waals surface area (Å²) in [6, 6.07) is 18.5. The highest BCUT2D eigenvalue weighted by atomic mass is 32.2. The molecule has 0 fully saturated rings. The minimum absolute atomic E-state index is 0.235. The molecular formula is C22H25N3O2S. The van der Waals surface area contributed by atoms with Crippen molar-refractivity contribution in [3.05, 3.63) is 83.6 Å². The first kappa shape index (κ1) is 19.9. The molecule has 3 aromatic rings. The van der Waals surface area contributed by atoms with E-state index in [1.54, 1.807) is 24.3 Å². The Kier molecular flexibility index (Phi) is 5.99. The van der Waals surface area contributed by atoms with E-state index in [0.29, 0.717) is 24.0 Å². The molecule has 0 spiro atoms. The molecule has 28 heavy (non-hydrogen) atoms. The number of hydrogen-bond acceptors (Lipinski definition) is 4. The van der Waals surface area contributed by atoms with E-state index >= 15 is 0 Å². The summed E-state index contributed by atoms with van der Waals surface area (Å²) in [5.74, 6) is 1.04. The van der Waals surface area contributed by atoms with Crippen LogP contribution in [0.15, 0.2) is 71.8 Å². The maximum absolute atomic E-state index is 12.6. The molecule has 1 aromatic heterocycles. The molecule has 2 aromatic carbocycles. The molecule has 0 aliphatic carbocycles. The summed E-state index contributed by atoms with van der Waals surface area (Å²) in [7, 11) is -3.64. The second-order valence-corrected chi connectivity index (χ2v) is 8.72. The predicted molar refractivity (Wildman–Crippen MR) is 114 cm³/mol. The van der Waals surface area contributed by atoms with Crippen molar-refractivity contribution in [1.29, 1.82) is 0 Å². The van der Waals surface area contributed by atoms with Gasteiger partial charge in [0.25, 0.3) is 10.0 Å². The molecule has 2 N–H and O–H groups in total. The minimum atomic E-state index is -3.64. The fourth-order valence-electron chi connectivity index (χ4n) is 2.80. The molecule has 0 saturated carbocycles. The van der Waals surface area contributed by atoms with Gasteiger partial charge in [-0.1, -0.05) is 50.2 Å². The van der Waals surface area contributed by atoms with Crippen molar-refractivity contribution in [1.82, 2.24) is 4.98 Å². The average molecular weight is 396 g/mol. The van der Waals surface area contributed by atoms with Crippen molar-refractivity contribution in [2.24, 2.45) is 0 Å². The number of nitrogens with one attached hydrogen (secondary N) is 2. The highest BCUT2D eigenvalue weighted by molar-refractivity contribution is 7.92. The lowest BCUT2D eigenvalue weighted by molar-refractivity contribution is 0.601. The summed E-state index contributed by atoms with van der Waals surface area (Å²) in [6.45, 7) is 6.87. The molecule has 0 amide bonds. The maximum atomic E-state index is 12.6. The molecule has 0 aliphatic rings. The molecule has 6 heteroatoms. The first-order valence-corrected chi connectivity index (χ1v) is 10.7. The van der Waals surface area contributed by atoms with Gasteiger partial charge in [-0.3, -0.25) is 4.72 Å². The summed E-state index contributed by atoms with van der Waals surface area (Å²) in [4.78, 5) is 4.54. The van der Waals surface area contributed by atoms with E-state index in [9.17, 15) is 8.42 Å². The second kappa shape index (κ2) is 8.44. The number of aromatic nitrogens is 1. The molecule has 1 heterocycles. The maximum Gasteiger partial charge on any atom is 0.261 e. The van der Waals surface area contributed by atoms with Gasteiger partial charge in [0.1, 0.15) is 5.82 Å². The highest BCUT2D eigenvalue weighted by Crippen LogP contribution is 2.20. The Morgan fingerprint density at radius 2 is 1.68 bits per heavy atom. The van der Waals surface area contributed by atoms with Crippen LogP contribution in [0.2, 0.25) is 0 Å². The number of hydrogen-bond donors (Lipinski definition) is 2. The van der Waals surface area contributed by atoms with Crippen LogP contribution in [-0.2, 0) is 16.6 Å². The SMILES string of the molecule is Cc1ccccc1CNc1ccc(NS(=O)(=O)c2ccc(C(C)C)cc2)cn1. The fourth-order valence-corrected chi connectivity index (χ4v) is 3.84. The third-order valence-corrected chi connectivity index (χ3v) is 5.99. The van der Waals surface area contributed by atoms with Crippen LogP contribution in [0.4, 0.5) is 11.5 Å². The largest absolute Gasteiger partial charge is 0.366 e. The zero-order valence-electron chi connectivity index (χ0n) is 16.3. The molecule has 0 saturated heterocycles. The summed E-state index contributed by atoms with van der Waals surface area (Å²) in [5.41, 5.74) is 3.93. The number of sulfonamides is 1. The van der Waals surface area contributed by atoms with Gasteiger partial charge in [0, 0.05) is 6.54 Å². The van der Waals surface area contributed by atoms with Crippen molar-refractivity contribution in [2.45, 2.75) is 38.1 Å². The van der Waals surface area contributed by atoms with Crippen molar-refractivity contribution in [3.8, 4) is 0 Å². The molecule has 5 nitrogen and oxygen atoms in total. The van der Waals surface area contributed by atoms with Gasteiger partial charge in [-0.15, -0.1) is 0 Å². The number of aryl methyl sites for hydroxylation is 1. The van der Waals surface area contributed by atoms with E-state index in [1.165, 1.54) is 17.3 Å². The van der Waals surface area contributed by atoms with Crippen LogP contribution >= 0.6 is 0 Å². The molecule has 3 rings (SSSR count). The van der Waals surface area contributed by atoms with Crippen molar-refractivity contribution >= 4 is 21.5 Å². The molecule has 0 radical (unpaired) electrons. The fraction of sp³-hybridized carbons (Fsp3) is 0.227. The zero-order valence-corrected chi connectivity index (χ0v) is 17.1. The normalized spacial score (nSPS) is 11.4. The van der Waals surface area contributed by atoms with Crippen LogP contribution in [0.25, 0.3) is 0 Å². The number of pyridine rings is 1. The quantitative estimate of drug-likeness (QED) is 0.595. The van der Waals surface area contributed by atoms with Gasteiger partial charge in [0.15, 0.2) is 0 Å². The van der Waals surface area contributed by atoms with Crippen LogP contribution in [0.3, 0.4) is 0 Å². The van der Waals surface area contributed by atoms with Crippen molar-refractivity contribution in [3.63, 3.8) is 0 Å². The number of benzene rings is 2. The zero-order chi connectivity index (χ0) is 20.1. The van der Waals surface area contributed by atoms with Gasteiger partial charge >= 0.3 is 0 Å². The van der Waals surface area contributed by atoms with Crippen LogP contribution in [0, 0.1) is 6.92 Å². The summed E-state index contributed by atoms with van der Waals surface area (Å²) in [6.07, 6.45) is 1.51. The smallest absolute Gasteiger partial charge is 0.261 e. The summed E-state index contributed by atoms with van der Waals surface area (Å²) < 4.78 is 27.7. The third-order valence-electron chi connectivity index (χ3n) is 4.59. The van der Waals surface area contributed by atoms with Crippen LogP contribution in [-0.4, -0.2) is 13.4 Å². The van der Waals surface area contributed by atoms with Gasteiger partial charge in [-0.25, -0.2) is 13.4 Å². The van der Waals surface area contributed by atoms with Gasteiger partial charge in [0.05, 0.1) is 16.8 Å². The van der Waals surface area contributed by atoms with Crippen LogP contribution < -0.4 is 10.0 Å². The van der Waals surface area contributed by atoms with E-state index in [1.807, 2.05) is 24.3 Å². The Morgan fingerprint density at radius 3 is 2.29 bits per heavy atom. The molecule has 146 valence electrons. The molecule has 0 atom stereocenters. The molecule has 0 aliphatic heterocycles. The monoisotopic (exact) mass is 395 g/mol. The van der Waals surface area contributed by atoms with Gasteiger partial charge in [-0.2, -0.15) is 0 Å². The number of anilines is 2. The minimum Gasteiger partial charge on any atom is -0.366 e.